The quantitative estimate of drug-likeness (QED) is 0.530. The smallest absolute Gasteiger partial charge is 0.240 e. The van der Waals surface area contributed by atoms with Crippen LogP contribution in [0.15, 0.2) is 66.7 Å². The summed E-state index contributed by atoms with van der Waals surface area (Å²) < 4.78 is 36.4. The number of benzene rings is 3. The topological polar surface area (TPSA) is 84.9 Å². The van der Waals surface area contributed by atoms with Gasteiger partial charge in [-0.1, -0.05) is 42.5 Å². The van der Waals surface area contributed by atoms with Gasteiger partial charge < -0.3 is 14.8 Å². The average Bonchev–Trinajstić information content (AvgIpc) is 2.74. The summed E-state index contributed by atoms with van der Waals surface area (Å²) in [6, 6.07) is 20.4. The van der Waals surface area contributed by atoms with Gasteiger partial charge in [-0.15, -0.1) is 0 Å². The lowest BCUT2D eigenvalue weighted by Crippen LogP contribution is -2.41. The second-order valence-corrected chi connectivity index (χ2v) is 8.56. The molecule has 1 amide bonds. The zero-order valence-electron chi connectivity index (χ0n) is 16.9. The van der Waals surface area contributed by atoms with Gasteiger partial charge in [0.1, 0.15) is 24.7 Å². The maximum Gasteiger partial charge on any atom is 0.240 e. The molecule has 0 aliphatic heterocycles. The number of amides is 1. The van der Waals surface area contributed by atoms with E-state index in [0.29, 0.717) is 17.2 Å². The number of carbonyl (C=O) groups is 1. The highest BCUT2D eigenvalue weighted by atomic mass is 32.2. The molecule has 0 aliphatic rings. The van der Waals surface area contributed by atoms with E-state index in [1.165, 1.54) is 7.11 Å². The van der Waals surface area contributed by atoms with Crippen molar-refractivity contribution in [3.05, 3.63) is 66.7 Å². The largest absolute Gasteiger partial charge is 0.495 e. The first-order chi connectivity index (χ1) is 14.4. The zero-order chi connectivity index (χ0) is 21.6. The van der Waals surface area contributed by atoms with E-state index in [9.17, 15) is 13.2 Å². The molecule has 7 nitrogen and oxygen atoms in total. The maximum atomic E-state index is 12.3. The summed E-state index contributed by atoms with van der Waals surface area (Å²) in [5, 5.41) is 4.88. The van der Waals surface area contributed by atoms with Crippen molar-refractivity contribution in [3.8, 4) is 11.5 Å². The summed E-state index contributed by atoms with van der Waals surface area (Å²) >= 11 is 0. The van der Waals surface area contributed by atoms with E-state index in [4.69, 9.17) is 9.47 Å². The van der Waals surface area contributed by atoms with Crippen LogP contribution in [0.3, 0.4) is 0 Å². The molecule has 0 unspecified atom stereocenters. The molecule has 0 aliphatic carbocycles. The minimum absolute atomic E-state index is 0.245. The van der Waals surface area contributed by atoms with Gasteiger partial charge in [0, 0.05) is 0 Å². The number of nitrogens with one attached hydrogen (secondary N) is 1. The molecule has 8 heteroatoms. The van der Waals surface area contributed by atoms with E-state index in [0.717, 1.165) is 21.3 Å². The highest BCUT2D eigenvalue weighted by Crippen LogP contribution is 2.29. The van der Waals surface area contributed by atoms with Crippen LogP contribution < -0.4 is 19.1 Å². The van der Waals surface area contributed by atoms with Crippen molar-refractivity contribution < 1.29 is 22.7 Å². The Kier molecular flexibility index (Phi) is 6.79. The third-order valence-corrected chi connectivity index (χ3v) is 5.58. The van der Waals surface area contributed by atoms with Crippen LogP contribution in [0.25, 0.3) is 10.8 Å². The molecule has 3 aromatic rings. The Morgan fingerprint density at radius 1 is 1.00 bits per heavy atom. The van der Waals surface area contributed by atoms with E-state index in [1.807, 2.05) is 42.5 Å². The molecule has 0 radical (unpaired) electrons. The predicted molar refractivity (Wildman–Crippen MR) is 118 cm³/mol. The van der Waals surface area contributed by atoms with Crippen LogP contribution in [-0.4, -0.2) is 47.4 Å². The van der Waals surface area contributed by atoms with Crippen LogP contribution in [0, 0.1) is 0 Å². The van der Waals surface area contributed by atoms with Crippen LogP contribution in [0.5, 0.6) is 11.5 Å². The standard InChI is InChI=1S/C22H24N2O5S/c1-28-21-10-6-5-9-20(21)24(30(2,26)27)16-22(25)23-13-14-29-19-12-11-17-7-3-4-8-18(17)15-19/h3-12,15H,13-14,16H2,1-2H3,(H,23,25). The number of hydrogen-bond acceptors (Lipinski definition) is 5. The lowest BCUT2D eigenvalue weighted by molar-refractivity contribution is -0.119. The molecule has 1 N–H and O–H groups in total. The van der Waals surface area contributed by atoms with Crippen LogP contribution in [0.1, 0.15) is 0 Å². The Labute approximate surface area is 176 Å². The summed E-state index contributed by atoms with van der Waals surface area (Å²) in [4.78, 5) is 12.3. The predicted octanol–water partition coefficient (Wildman–Crippen LogP) is 2.81. The number of carbonyl (C=O) groups excluding carboxylic acids is 1. The maximum absolute atomic E-state index is 12.3. The summed E-state index contributed by atoms with van der Waals surface area (Å²) in [5.41, 5.74) is 0.310. The first-order valence-electron chi connectivity index (χ1n) is 9.37. The van der Waals surface area contributed by atoms with Gasteiger partial charge in [-0.05, 0) is 35.0 Å². The zero-order valence-corrected chi connectivity index (χ0v) is 17.7. The molecule has 0 atom stereocenters. The third-order valence-electron chi connectivity index (χ3n) is 4.46. The second kappa shape index (κ2) is 9.49. The summed E-state index contributed by atoms with van der Waals surface area (Å²) in [7, 11) is -2.23. The minimum Gasteiger partial charge on any atom is -0.495 e. The van der Waals surface area contributed by atoms with E-state index in [1.54, 1.807) is 24.3 Å². The number of anilines is 1. The van der Waals surface area contributed by atoms with Crippen LogP contribution in [0.4, 0.5) is 5.69 Å². The fourth-order valence-corrected chi connectivity index (χ4v) is 3.88. The van der Waals surface area contributed by atoms with E-state index >= 15 is 0 Å². The summed E-state index contributed by atoms with van der Waals surface area (Å²) in [6.07, 6.45) is 1.05. The Morgan fingerprint density at radius 3 is 2.43 bits per heavy atom. The molecular weight excluding hydrogens is 404 g/mol. The Hall–Kier alpha value is -3.26. The molecule has 3 rings (SSSR count). The van der Waals surface area contributed by atoms with Gasteiger partial charge in [0.05, 0.1) is 25.6 Å². The van der Waals surface area contributed by atoms with Crippen molar-refractivity contribution in [3.63, 3.8) is 0 Å². The third kappa shape index (κ3) is 5.42. The van der Waals surface area contributed by atoms with Crippen molar-refractivity contribution in [2.75, 3.05) is 37.4 Å². The van der Waals surface area contributed by atoms with Crippen LogP contribution in [0.2, 0.25) is 0 Å². The molecule has 0 fully saturated rings. The van der Waals surface area contributed by atoms with Crippen LogP contribution in [-0.2, 0) is 14.8 Å². The number of ether oxygens (including phenoxy) is 2. The Bertz CT molecular complexity index is 1130. The molecule has 0 saturated heterocycles. The molecule has 0 aromatic heterocycles. The lowest BCUT2D eigenvalue weighted by Gasteiger charge is -2.23. The van der Waals surface area contributed by atoms with E-state index < -0.39 is 15.9 Å². The van der Waals surface area contributed by atoms with Gasteiger partial charge in [0.2, 0.25) is 15.9 Å². The van der Waals surface area contributed by atoms with Crippen molar-refractivity contribution in [2.24, 2.45) is 0 Å². The van der Waals surface area contributed by atoms with Crippen molar-refractivity contribution in [2.45, 2.75) is 0 Å². The minimum atomic E-state index is -3.68. The molecule has 0 saturated carbocycles. The molecule has 0 spiro atoms. The number of nitrogens with zero attached hydrogens (tertiary/aromatic N) is 1. The summed E-state index contributed by atoms with van der Waals surface area (Å²) in [6.45, 7) is 0.155. The van der Waals surface area contributed by atoms with Crippen molar-refractivity contribution in [1.82, 2.24) is 5.32 Å². The monoisotopic (exact) mass is 428 g/mol. The van der Waals surface area contributed by atoms with E-state index in [-0.39, 0.29) is 19.7 Å². The first-order valence-corrected chi connectivity index (χ1v) is 11.2. The molecule has 30 heavy (non-hydrogen) atoms. The summed E-state index contributed by atoms with van der Waals surface area (Å²) in [5.74, 6) is 0.638. The molecular formula is C22H24N2O5S. The van der Waals surface area contributed by atoms with Gasteiger partial charge in [-0.3, -0.25) is 9.10 Å². The number of sulfonamides is 1. The van der Waals surface area contributed by atoms with Gasteiger partial charge in [0.25, 0.3) is 0 Å². The lowest BCUT2D eigenvalue weighted by atomic mass is 10.1. The Morgan fingerprint density at radius 2 is 1.70 bits per heavy atom. The second-order valence-electron chi connectivity index (χ2n) is 6.65. The SMILES string of the molecule is COc1ccccc1N(CC(=O)NCCOc1ccc2ccccc2c1)S(C)(=O)=O. The molecule has 3 aromatic carbocycles. The molecule has 158 valence electrons. The average molecular weight is 429 g/mol. The highest BCUT2D eigenvalue weighted by molar-refractivity contribution is 7.92. The van der Waals surface area contributed by atoms with Crippen molar-refractivity contribution >= 4 is 32.4 Å². The molecule has 0 heterocycles. The van der Waals surface area contributed by atoms with Gasteiger partial charge in [-0.2, -0.15) is 0 Å². The number of methoxy groups -OCH3 is 1. The number of hydrogen-bond donors (Lipinski definition) is 1. The van der Waals surface area contributed by atoms with Gasteiger partial charge in [-0.25, -0.2) is 8.42 Å². The van der Waals surface area contributed by atoms with E-state index in [2.05, 4.69) is 5.32 Å². The van der Waals surface area contributed by atoms with Crippen LogP contribution >= 0.6 is 0 Å². The molecule has 0 bridgehead atoms. The van der Waals surface area contributed by atoms with Gasteiger partial charge >= 0.3 is 0 Å². The normalized spacial score (nSPS) is 11.1. The number of para-hydroxylation sites is 2. The fraction of sp³-hybridized carbons (Fsp3) is 0.227. The van der Waals surface area contributed by atoms with Crippen molar-refractivity contribution in [1.29, 1.82) is 0 Å². The number of fused-ring (bicyclic) bond motifs is 1. The first kappa shape index (κ1) is 21.4. The Balaban J connectivity index is 1.56. The number of rotatable bonds is 9. The highest BCUT2D eigenvalue weighted by Gasteiger charge is 2.23. The van der Waals surface area contributed by atoms with Gasteiger partial charge in [0.15, 0.2) is 0 Å². The fourth-order valence-electron chi connectivity index (χ4n) is 3.02.